The van der Waals surface area contributed by atoms with Crippen LogP contribution in [-0.4, -0.2) is 13.7 Å². The van der Waals surface area contributed by atoms with Gasteiger partial charge in [-0.3, -0.25) is 0 Å². The minimum absolute atomic E-state index is 0.280. The van der Waals surface area contributed by atoms with E-state index in [4.69, 9.17) is 5.53 Å². The first-order valence-corrected chi connectivity index (χ1v) is 6.43. The summed E-state index contributed by atoms with van der Waals surface area (Å²) in [6.07, 6.45) is 0. The second-order valence-corrected chi connectivity index (χ2v) is 8.74. The van der Waals surface area contributed by atoms with E-state index < -0.39 is 8.07 Å². The SMILES string of the molecule is CC(N=N)[Si](C)(C)C. The molecule has 0 aromatic carbocycles. The number of nitrogens with zero attached hydrogens (tertiary/aromatic N) is 1. The smallest absolute Gasteiger partial charge is 0.0752 e. The molecule has 0 spiro atoms. The van der Waals surface area contributed by atoms with E-state index in [0.717, 1.165) is 0 Å². The van der Waals surface area contributed by atoms with Crippen LogP contribution in [-0.2, 0) is 0 Å². The normalized spacial score (nSPS) is 15.5. The lowest BCUT2D eigenvalue weighted by Gasteiger charge is -2.18. The van der Waals surface area contributed by atoms with E-state index in [1.165, 1.54) is 0 Å². The molecule has 0 heterocycles. The maximum atomic E-state index is 6.72. The lowest BCUT2D eigenvalue weighted by molar-refractivity contribution is 0.850. The van der Waals surface area contributed by atoms with E-state index >= 15 is 0 Å². The Labute approximate surface area is 51.8 Å². The molecule has 0 saturated heterocycles. The van der Waals surface area contributed by atoms with Crippen LogP contribution in [0.15, 0.2) is 5.11 Å². The first-order valence-electron chi connectivity index (χ1n) is 2.85. The van der Waals surface area contributed by atoms with Gasteiger partial charge in [-0.25, -0.2) is 5.53 Å². The summed E-state index contributed by atoms with van der Waals surface area (Å²) in [6.45, 7) is 8.67. The molecule has 0 aliphatic carbocycles. The zero-order chi connectivity index (χ0) is 6.78. The molecule has 0 aromatic rings. The van der Waals surface area contributed by atoms with Crippen molar-refractivity contribution in [2.75, 3.05) is 0 Å². The summed E-state index contributed by atoms with van der Waals surface area (Å²) in [6, 6.07) is 0. The van der Waals surface area contributed by atoms with Gasteiger partial charge in [0.1, 0.15) is 0 Å². The molecule has 1 N–H and O–H groups in total. The highest BCUT2D eigenvalue weighted by Gasteiger charge is 2.21. The third kappa shape index (κ3) is 2.21. The molecule has 48 valence electrons. The van der Waals surface area contributed by atoms with Crippen LogP contribution in [0.2, 0.25) is 19.6 Å². The van der Waals surface area contributed by atoms with Crippen molar-refractivity contribution < 1.29 is 0 Å². The number of hydrogen-bond donors (Lipinski definition) is 1. The maximum absolute atomic E-state index is 6.72. The van der Waals surface area contributed by atoms with Gasteiger partial charge in [0.2, 0.25) is 0 Å². The van der Waals surface area contributed by atoms with Gasteiger partial charge >= 0.3 is 0 Å². The summed E-state index contributed by atoms with van der Waals surface area (Å²) in [4.78, 5) is 0. The quantitative estimate of drug-likeness (QED) is 0.440. The van der Waals surface area contributed by atoms with Crippen molar-refractivity contribution in [1.82, 2.24) is 0 Å². The van der Waals surface area contributed by atoms with Gasteiger partial charge in [-0.1, -0.05) is 19.6 Å². The van der Waals surface area contributed by atoms with Crippen LogP contribution in [0.4, 0.5) is 0 Å². The Kier molecular flexibility index (Phi) is 2.34. The Hall–Kier alpha value is -0.183. The lowest BCUT2D eigenvalue weighted by atomic mass is 10.8. The van der Waals surface area contributed by atoms with Crippen LogP contribution < -0.4 is 0 Å². The molecule has 0 rings (SSSR count). The molecular weight excluding hydrogens is 116 g/mol. The van der Waals surface area contributed by atoms with Gasteiger partial charge < -0.3 is 0 Å². The fraction of sp³-hybridized carbons (Fsp3) is 1.00. The Bertz CT molecular complexity index is 84.9. The molecule has 0 aromatic heterocycles. The predicted octanol–water partition coefficient (Wildman–Crippen LogP) is 2.28. The van der Waals surface area contributed by atoms with Crippen molar-refractivity contribution in [3.8, 4) is 0 Å². The molecule has 0 saturated carbocycles. The molecule has 2 nitrogen and oxygen atoms in total. The zero-order valence-electron chi connectivity index (χ0n) is 6.02. The first kappa shape index (κ1) is 7.82. The molecule has 8 heavy (non-hydrogen) atoms. The summed E-state index contributed by atoms with van der Waals surface area (Å²) in [5.41, 5.74) is 7.00. The second-order valence-electron chi connectivity index (χ2n) is 3.17. The van der Waals surface area contributed by atoms with Gasteiger partial charge in [-0.2, -0.15) is 5.11 Å². The molecular formula is C5H14N2Si. The molecule has 3 heteroatoms. The van der Waals surface area contributed by atoms with Crippen molar-refractivity contribution in [3.63, 3.8) is 0 Å². The molecule has 0 fully saturated rings. The van der Waals surface area contributed by atoms with Gasteiger partial charge in [0.25, 0.3) is 0 Å². The first-order chi connectivity index (χ1) is 3.48. The van der Waals surface area contributed by atoms with Crippen LogP contribution >= 0.6 is 0 Å². The Morgan fingerprint density at radius 3 is 1.75 bits per heavy atom. The molecule has 1 unspecified atom stereocenters. The lowest BCUT2D eigenvalue weighted by Crippen LogP contribution is -2.33. The van der Waals surface area contributed by atoms with E-state index in [9.17, 15) is 0 Å². The monoisotopic (exact) mass is 130 g/mol. The standard InChI is InChI=1S/C5H14N2Si/c1-5(7-6)8(2,3)4/h5-6H,1-4H3. The molecule has 0 amide bonds. The van der Waals surface area contributed by atoms with Crippen LogP contribution in [0.25, 0.3) is 0 Å². The molecule has 0 aliphatic heterocycles. The zero-order valence-corrected chi connectivity index (χ0v) is 7.02. The third-order valence-corrected chi connectivity index (χ3v) is 4.08. The fourth-order valence-electron chi connectivity index (χ4n) is 0.194. The summed E-state index contributed by atoms with van der Waals surface area (Å²) in [5, 5.41) is 3.47. The number of hydrogen-bond acceptors (Lipinski definition) is 2. The number of rotatable bonds is 2. The Morgan fingerprint density at radius 2 is 1.75 bits per heavy atom. The van der Waals surface area contributed by atoms with Crippen molar-refractivity contribution in [1.29, 1.82) is 5.53 Å². The highest BCUT2D eigenvalue weighted by molar-refractivity contribution is 6.77. The van der Waals surface area contributed by atoms with Crippen molar-refractivity contribution in [2.45, 2.75) is 32.2 Å². The van der Waals surface area contributed by atoms with Crippen LogP contribution in [0.1, 0.15) is 6.92 Å². The van der Waals surface area contributed by atoms with E-state index in [1.54, 1.807) is 0 Å². The average Bonchev–Trinajstić information content (AvgIpc) is 1.62. The van der Waals surface area contributed by atoms with Crippen molar-refractivity contribution >= 4 is 8.07 Å². The second kappa shape index (κ2) is 2.39. The minimum atomic E-state index is -1.11. The molecule has 0 bridgehead atoms. The van der Waals surface area contributed by atoms with Crippen molar-refractivity contribution in [3.05, 3.63) is 0 Å². The number of nitrogens with one attached hydrogen (secondary N) is 1. The van der Waals surface area contributed by atoms with E-state index in [0.29, 0.717) is 0 Å². The van der Waals surface area contributed by atoms with Gasteiger partial charge in [-0.05, 0) is 6.92 Å². The van der Waals surface area contributed by atoms with Gasteiger partial charge in [0, 0.05) is 0 Å². The summed E-state index contributed by atoms with van der Waals surface area (Å²) in [5.74, 6) is 0. The van der Waals surface area contributed by atoms with E-state index in [1.807, 2.05) is 6.92 Å². The molecule has 0 aliphatic rings. The van der Waals surface area contributed by atoms with E-state index in [2.05, 4.69) is 24.8 Å². The highest BCUT2D eigenvalue weighted by Crippen LogP contribution is 2.09. The average molecular weight is 130 g/mol. The summed E-state index contributed by atoms with van der Waals surface area (Å²) >= 11 is 0. The summed E-state index contributed by atoms with van der Waals surface area (Å²) in [7, 11) is -1.11. The molecule has 0 radical (unpaired) electrons. The van der Waals surface area contributed by atoms with Crippen LogP contribution in [0.3, 0.4) is 0 Å². The fourth-order valence-corrected chi connectivity index (χ4v) is 0.581. The minimum Gasteiger partial charge on any atom is -0.210 e. The van der Waals surface area contributed by atoms with E-state index in [-0.39, 0.29) is 5.67 Å². The van der Waals surface area contributed by atoms with Crippen LogP contribution in [0, 0.1) is 5.53 Å². The third-order valence-electron chi connectivity index (χ3n) is 1.45. The maximum Gasteiger partial charge on any atom is 0.0752 e. The largest absolute Gasteiger partial charge is 0.210 e. The highest BCUT2D eigenvalue weighted by atomic mass is 28.3. The Morgan fingerprint density at radius 1 is 1.38 bits per heavy atom. The van der Waals surface area contributed by atoms with Gasteiger partial charge in [-0.15, -0.1) is 0 Å². The molecule has 1 atom stereocenters. The Balaban J connectivity index is 3.80. The van der Waals surface area contributed by atoms with Gasteiger partial charge in [0.05, 0.1) is 13.7 Å². The van der Waals surface area contributed by atoms with Gasteiger partial charge in [0.15, 0.2) is 0 Å². The topological polar surface area (TPSA) is 36.2 Å². The predicted molar refractivity (Wildman–Crippen MR) is 38.0 cm³/mol. The van der Waals surface area contributed by atoms with Crippen molar-refractivity contribution in [2.24, 2.45) is 5.11 Å². The summed E-state index contributed by atoms with van der Waals surface area (Å²) < 4.78 is 0. The van der Waals surface area contributed by atoms with Crippen LogP contribution in [0.5, 0.6) is 0 Å².